The van der Waals surface area contributed by atoms with Gasteiger partial charge in [0.15, 0.2) is 5.65 Å². The molecule has 9 heteroatoms. The van der Waals surface area contributed by atoms with E-state index < -0.39 is 0 Å². The fourth-order valence-corrected chi connectivity index (χ4v) is 4.75. The number of piperazine rings is 1. The molecule has 1 aliphatic heterocycles. The zero-order valence-corrected chi connectivity index (χ0v) is 21.4. The van der Waals surface area contributed by atoms with Crippen molar-refractivity contribution >= 4 is 22.9 Å². The molecule has 0 radical (unpaired) electrons. The van der Waals surface area contributed by atoms with E-state index in [1.165, 1.54) is 12.1 Å². The molecule has 0 aliphatic carbocycles. The topological polar surface area (TPSA) is 75.0 Å². The predicted octanol–water partition coefficient (Wildman–Crippen LogP) is 4.94. The predicted molar refractivity (Wildman–Crippen MR) is 148 cm³/mol. The fraction of sp³-hybridized carbons (Fsp3) is 0.241. The average Bonchev–Trinajstić information content (AvgIpc) is 3.33. The Bertz CT molecular complexity index is 1540. The Hall–Kier alpha value is -4.37. The van der Waals surface area contributed by atoms with Crippen LogP contribution < -0.4 is 10.2 Å². The maximum absolute atomic E-state index is 13.8. The Morgan fingerprint density at radius 3 is 2.34 bits per heavy atom. The van der Waals surface area contributed by atoms with Crippen molar-refractivity contribution in [3.8, 4) is 17.2 Å². The van der Waals surface area contributed by atoms with Crippen LogP contribution in [0.25, 0.3) is 28.4 Å². The zero-order valence-electron chi connectivity index (χ0n) is 21.4. The van der Waals surface area contributed by atoms with E-state index in [0.717, 1.165) is 48.6 Å². The molecule has 0 bridgehead atoms. The largest absolute Gasteiger partial charge is 0.354 e. The standard InChI is InChI=1S/C29H29FN8/c1-20(21-6-4-3-5-7-21)32-29-31-15-14-26(34-29)38-24-12-13-25(37-18-16-36(2)17-19-37)33-27(24)35-28(38)22-8-10-23(30)11-9-22/h3-15,20H,16-19H2,1-2H3,(H,31,32,34). The van der Waals surface area contributed by atoms with Crippen LogP contribution in [0.15, 0.2) is 79.0 Å². The van der Waals surface area contributed by atoms with Gasteiger partial charge in [-0.3, -0.25) is 4.57 Å². The van der Waals surface area contributed by atoms with Crippen LogP contribution in [-0.4, -0.2) is 62.6 Å². The van der Waals surface area contributed by atoms with Crippen molar-refractivity contribution in [2.24, 2.45) is 0 Å². The second-order valence-electron chi connectivity index (χ2n) is 9.60. The van der Waals surface area contributed by atoms with E-state index in [1.54, 1.807) is 18.3 Å². The van der Waals surface area contributed by atoms with Crippen molar-refractivity contribution in [3.05, 3.63) is 90.4 Å². The molecule has 1 fully saturated rings. The summed E-state index contributed by atoms with van der Waals surface area (Å²) >= 11 is 0. The number of imidazole rings is 1. The molecule has 3 aromatic heterocycles. The van der Waals surface area contributed by atoms with Crippen LogP contribution in [0.5, 0.6) is 0 Å². The molecule has 8 nitrogen and oxygen atoms in total. The summed E-state index contributed by atoms with van der Waals surface area (Å²) in [5.41, 5.74) is 3.35. The molecule has 0 spiro atoms. The molecule has 5 aromatic rings. The summed E-state index contributed by atoms with van der Waals surface area (Å²) in [6.45, 7) is 5.90. The molecule has 2 aromatic carbocycles. The van der Waals surface area contributed by atoms with Crippen molar-refractivity contribution < 1.29 is 4.39 Å². The van der Waals surface area contributed by atoms with Gasteiger partial charge in [-0.1, -0.05) is 30.3 Å². The first kappa shape index (κ1) is 24.0. The SMILES string of the molecule is CC(Nc1nccc(-n2c(-c3ccc(F)cc3)nc3nc(N4CCN(C)CC4)ccc32)n1)c1ccccc1. The van der Waals surface area contributed by atoms with E-state index in [2.05, 4.69) is 46.2 Å². The first-order chi connectivity index (χ1) is 18.5. The second-order valence-corrected chi connectivity index (χ2v) is 9.60. The lowest BCUT2D eigenvalue weighted by Crippen LogP contribution is -2.44. The van der Waals surface area contributed by atoms with Crippen molar-refractivity contribution in [2.45, 2.75) is 13.0 Å². The highest BCUT2D eigenvalue weighted by molar-refractivity contribution is 5.81. The molecule has 0 saturated carbocycles. The summed E-state index contributed by atoms with van der Waals surface area (Å²) in [6, 6.07) is 22.5. The van der Waals surface area contributed by atoms with E-state index in [-0.39, 0.29) is 11.9 Å². The molecular weight excluding hydrogens is 479 g/mol. The Kier molecular flexibility index (Phi) is 6.43. The normalized spacial score (nSPS) is 15.1. The number of pyridine rings is 1. The van der Waals surface area contributed by atoms with Gasteiger partial charge in [-0.05, 0) is 62.0 Å². The number of nitrogens with one attached hydrogen (secondary N) is 1. The van der Waals surface area contributed by atoms with Gasteiger partial charge >= 0.3 is 0 Å². The maximum atomic E-state index is 13.8. The molecule has 6 rings (SSSR count). The number of hydrogen-bond donors (Lipinski definition) is 1. The molecule has 1 atom stereocenters. The van der Waals surface area contributed by atoms with Crippen molar-refractivity contribution in [3.63, 3.8) is 0 Å². The third kappa shape index (κ3) is 4.80. The van der Waals surface area contributed by atoms with E-state index in [1.807, 2.05) is 41.0 Å². The molecule has 4 heterocycles. The van der Waals surface area contributed by atoms with Gasteiger partial charge in [0.1, 0.15) is 23.3 Å². The number of halogens is 1. The number of hydrogen-bond acceptors (Lipinski definition) is 7. The second kappa shape index (κ2) is 10.2. The van der Waals surface area contributed by atoms with Gasteiger partial charge in [0.05, 0.1) is 11.6 Å². The van der Waals surface area contributed by atoms with Crippen LogP contribution in [0, 0.1) is 5.82 Å². The minimum absolute atomic E-state index is 0.0235. The van der Waals surface area contributed by atoms with E-state index in [9.17, 15) is 4.39 Å². The number of fused-ring (bicyclic) bond motifs is 1. The summed E-state index contributed by atoms with van der Waals surface area (Å²) in [4.78, 5) is 23.7. The lowest BCUT2D eigenvalue weighted by Gasteiger charge is -2.33. The van der Waals surface area contributed by atoms with Crippen molar-refractivity contribution in [1.29, 1.82) is 0 Å². The molecule has 1 saturated heterocycles. The summed E-state index contributed by atoms with van der Waals surface area (Å²) in [7, 11) is 2.13. The van der Waals surface area contributed by atoms with Gasteiger partial charge in [-0.25, -0.2) is 19.3 Å². The molecule has 1 N–H and O–H groups in total. The molecule has 1 aliphatic rings. The van der Waals surface area contributed by atoms with Crippen LogP contribution >= 0.6 is 0 Å². The van der Waals surface area contributed by atoms with E-state index in [0.29, 0.717) is 23.2 Å². The van der Waals surface area contributed by atoms with Gasteiger partial charge in [-0.2, -0.15) is 4.98 Å². The minimum atomic E-state index is -0.296. The minimum Gasteiger partial charge on any atom is -0.354 e. The number of rotatable bonds is 6. The van der Waals surface area contributed by atoms with Crippen molar-refractivity contribution in [2.75, 3.05) is 43.4 Å². The van der Waals surface area contributed by atoms with Crippen LogP contribution in [0.2, 0.25) is 0 Å². The lowest BCUT2D eigenvalue weighted by molar-refractivity contribution is 0.312. The number of aromatic nitrogens is 5. The van der Waals surface area contributed by atoms with Gasteiger partial charge in [0.2, 0.25) is 5.95 Å². The van der Waals surface area contributed by atoms with E-state index in [4.69, 9.17) is 15.0 Å². The number of nitrogens with zero attached hydrogens (tertiary/aromatic N) is 7. The number of likely N-dealkylation sites (N-methyl/N-ethyl adjacent to an activating group) is 1. The van der Waals surface area contributed by atoms with Crippen LogP contribution in [-0.2, 0) is 0 Å². The number of anilines is 2. The average molecular weight is 509 g/mol. The Balaban J connectivity index is 1.41. The first-order valence-electron chi connectivity index (χ1n) is 12.8. The van der Waals surface area contributed by atoms with Crippen LogP contribution in [0.4, 0.5) is 16.2 Å². The van der Waals surface area contributed by atoms with Gasteiger partial charge in [0, 0.05) is 37.9 Å². The summed E-state index contributed by atoms with van der Waals surface area (Å²) in [6.07, 6.45) is 1.73. The summed E-state index contributed by atoms with van der Waals surface area (Å²) in [5.74, 6) is 2.41. The zero-order chi connectivity index (χ0) is 26.1. The maximum Gasteiger partial charge on any atom is 0.225 e. The highest BCUT2D eigenvalue weighted by Crippen LogP contribution is 2.29. The molecule has 1 unspecified atom stereocenters. The van der Waals surface area contributed by atoms with Crippen LogP contribution in [0.1, 0.15) is 18.5 Å². The smallest absolute Gasteiger partial charge is 0.225 e. The Morgan fingerprint density at radius 2 is 1.58 bits per heavy atom. The third-order valence-electron chi connectivity index (χ3n) is 6.95. The van der Waals surface area contributed by atoms with E-state index >= 15 is 0 Å². The molecule has 38 heavy (non-hydrogen) atoms. The van der Waals surface area contributed by atoms with Gasteiger partial charge in [0.25, 0.3) is 0 Å². The lowest BCUT2D eigenvalue weighted by atomic mass is 10.1. The Morgan fingerprint density at radius 1 is 0.816 bits per heavy atom. The molecular formula is C29H29FN8. The highest BCUT2D eigenvalue weighted by Gasteiger charge is 2.20. The van der Waals surface area contributed by atoms with Gasteiger partial charge < -0.3 is 15.1 Å². The summed E-state index contributed by atoms with van der Waals surface area (Å²) in [5, 5.41) is 3.40. The first-order valence-corrected chi connectivity index (χ1v) is 12.8. The fourth-order valence-electron chi connectivity index (χ4n) is 4.75. The van der Waals surface area contributed by atoms with Crippen LogP contribution in [0.3, 0.4) is 0 Å². The number of benzene rings is 2. The summed E-state index contributed by atoms with van der Waals surface area (Å²) < 4.78 is 15.7. The molecule has 192 valence electrons. The monoisotopic (exact) mass is 508 g/mol. The quantitative estimate of drug-likeness (QED) is 0.348. The van der Waals surface area contributed by atoms with Gasteiger partial charge in [-0.15, -0.1) is 0 Å². The third-order valence-corrected chi connectivity index (χ3v) is 6.95. The van der Waals surface area contributed by atoms with Crippen molar-refractivity contribution in [1.82, 2.24) is 29.4 Å². The molecule has 0 amide bonds. The Labute approximate surface area is 220 Å². The highest BCUT2D eigenvalue weighted by atomic mass is 19.1.